The molecular formula is C21H21F4N3O2S. The van der Waals surface area contributed by atoms with E-state index < -0.39 is 17.6 Å². The lowest BCUT2D eigenvalue weighted by atomic mass is 10.1. The number of nitrogens with zero attached hydrogens (tertiary/aromatic N) is 3. The Hall–Kier alpha value is -2.59. The van der Waals surface area contributed by atoms with Crippen LogP contribution >= 0.6 is 11.8 Å². The van der Waals surface area contributed by atoms with E-state index in [1.165, 1.54) is 30.0 Å². The highest BCUT2D eigenvalue weighted by atomic mass is 32.2. The minimum Gasteiger partial charge on any atom is -0.483 e. The maximum atomic E-state index is 13.8. The van der Waals surface area contributed by atoms with E-state index in [9.17, 15) is 17.6 Å². The van der Waals surface area contributed by atoms with E-state index in [2.05, 4.69) is 10.2 Å². The summed E-state index contributed by atoms with van der Waals surface area (Å²) in [6.07, 6.45) is -4.40. The summed E-state index contributed by atoms with van der Waals surface area (Å²) < 4.78 is 65.3. The zero-order chi connectivity index (χ0) is 22.4. The average Bonchev–Trinajstić information content (AvgIpc) is 3.14. The first-order valence-electron chi connectivity index (χ1n) is 9.38. The fourth-order valence-electron chi connectivity index (χ4n) is 2.95. The van der Waals surface area contributed by atoms with Crippen LogP contribution in [0.1, 0.15) is 29.9 Å². The number of rotatable bonds is 9. The topological polar surface area (TPSA) is 49.2 Å². The summed E-state index contributed by atoms with van der Waals surface area (Å²) >= 11 is 1.26. The molecule has 0 fully saturated rings. The van der Waals surface area contributed by atoms with Crippen LogP contribution in [0.3, 0.4) is 0 Å². The molecule has 0 aliphatic rings. The van der Waals surface area contributed by atoms with Gasteiger partial charge in [0.15, 0.2) is 22.5 Å². The number of halogens is 4. The van der Waals surface area contributed by atoms with Crippen molar-refractivity contribution in [1.29, 1.82) is 0 Å². The molecule has 3 aromatic rings. The van der Waals surface area contributed by atoms with Crippen LogP contribution < -0.4 is 4.74 Å². The second kappa shape index (κ2) is 10.1. The van der Waals surface area contributed by atoms with Crippen molar-refractivity contribution in [3.8, 4) is 5.75 Å². The molecule has 0 amide bonds. The van der Waals surface area contributed by atoms with Crippen LogP contribution in [0.25, 0.3) is 0 Å². The number of alkyl halides is 3. The Bertz CT molecular complexity index is 1010. The molecule has 0 saturated heterocycles. The van der Waals surface area contributed by atoms with E-state index >= 15 is 0 Å². The summed E-state index contributed by atoms with van der Waals surface area (Å²) in [5.41, 5.74) is -0.184. The molecule has 31 heavy (non-hydrogen) atoms. The normalized spacial score (nSPS) is 12.7. The third-order valence-corrected chi connectivity index (χ3v) is 5.41. The molecule has 0 aliphatic carbocycles. The maximum absolute atomic E-state index is 13.8. The molecule has 0 spiro atoms. The lowest BCUT2D eigenvalue weighted by Crippen LogP contribution is -2.16. The fraction of sp³-hybridized carbons (Fsp3) is 0.333. The van der Waals surface area contributed by atoms with Gasteiger partial charge in [-0.15, -0.1) is 10.2 Å². The van der Waals surface area contributed by atoms with Crippen LogP contribution in [0.2, 0.25) is 0 Å². The van der Waals surface area contributed by atoms with Gasteiger partial charge in [-0.25, -0.2) is 4.39 Å². The van der Waals surface area contributed by atoms with Crippen molar-refractivity contribution in [2.75, 3.05) is 13.7 Å². The molecule has 0 radical (unpaired) electrons. The summed E-state index contributed by atoms with van der Waals surface area (Å²) in [6.45, 7) is 2.24. The highest BCUT2D eigenvalue weighted by Gasteiger charge is 2.30. The van der Waals surface area contributed by atoms with Crippen molar-refractivity contribution < 1.29 is 27.0 Å². The molecule has 1 aromatic heterocycles. The van der Waals surface area contributed by atoms with Gasteiger partial charge in [0.2, 0.25) is 0 Å². The SMILES string of the molecule is COC[C@@H](C)n1c(COc2ccccc2F)nnc1SCc1cccc(C(F)(F)F)c1. The summed E-state index contributed by atoms with van der Waals surface area (Å²) in [7, 11) is 1.56. The largest absolute Gasteiger partial charge is 0.483 e. The first-order valence-corrected chi connectivity index (χ1v) is 10.4. The first-order chi connectivity index (χ1) is 14.8. The monoisotopic (exact) mass is 455 g/mol. The molecule has 1 heterocycles. The number of ether oxygens (including phenoxy) is 2. The summed E-state index contributed by atoms with van der Waals surface area (Å²) in [5, 5.41) is 8.82. The number of benzene rings is 2. The molecule has 2 aromatic carbocycles. The van der Waals surface area contributed by atoms with E-state index in [1.807, 2.05) is 6.92 Å². The van der Waals surface area contributed by atoms with Gasteiger partial charge in [0.25, 0.3) is 0 Å². The van der Waals surface area contributed by atoms with Crippen LogP contribution in [0.15, 0.2) is 53.7 Å². The molecule has 166 valence electrons. The highest BCUT2D eigenvalue weighted by molar-refractivity contribution is 7.98. The van der Waals surface area contributed by atoms with Crippen LogP contribution in [-0.2, 0) is 23.3 Å². The first kappa shape index (κ1) is 23.1. The zero-order valence-electron chi connectivity index (χ0n) is 16.9. The van der Waals surface area contributed by atoms with Crippen molar-refractivity contribution in [1.82, 2.24) is 14.8 Å². The van der Waals surface area contributed by atoms with E-state index in [4.69, 9.17) is 9.47 Å². The molecule has 1 atom stereocenters. The number of thioether (sulfide) groups is 1. The van der Waals surface area contributed by atoms with E-state index in [1.54, 1.807) is 29.9 Å². The second-order valence-corrected chi connectivity index (χ2v) is 7.72. The maximum Gasteiger partial charge on any atom is 0.416 e. The number of methoxy groups -OCH3 is 1. The second-order valence-electron chi connectivity index (χ2n) is 6.78. The van der Waals surface area contributed by atoms with Gasteiger partial charge in [-0.3, -0.25) is 4.57 Å². The van der Waals surface area contributed by atoms with Crippen molar-refractivity contribution >= 4 is 11.8 Å². The number of hydrogen-bond acceptors (Lipinski definition) is 5. The molecule has 5 nitrogen and oxygen atoms in total. The van der Waals surface area contributed by atoms with Crippen LogP contribution in [0.5, 0.6) is 5.75 Å². The summed E-state index contributed by atoms with van der Waals surface area (Å²) in [4.78, 5) is 0. The molecule has 0 N–H and O–H groups in total. The third-order valence-electron chi connectivity index (χ3n) is 4.40. The molecule has 0 saturated carbocycles. The number of para-hydroxylation sites is 1. The molecule has 0 bridgehead atoms. The van der Waals surface area contributed by atoms with Crippen molar-refractivity contribution in [3.05, 3.63) is 71.3 Å². The number of hydrogen-bond donors (Lipinski definition) is 0. The van der Waals surface area contributed by atoms with E-state index in [-0.39, 0.29) is 24.2 Å². The fourth-order valence-corrected chi connectivity index (χ4v) is 3.95. The van der Waals surface area contributed by atoms with Crippen LogP contribution in [0.4, 0.5) is 17.6 Å². The quantitative estimate of drug-likeness (QED) is 0.314. The van der Waals surface area contributed by atoms with Gasteiger partial charge in [0.05, 0.1) is 18.2 Å². The predicted molar refractivity (Wildman–Crippen MR) is 108 cm³/mol. The number of aromatic nitrogens is 3. The highest BCUT2D eigenvalue weighted by Crippen LogP contribution is 2.32. The Labute approximate surface area is 181 Å². The van der Waals surface area contributed by atoms with Crippen molar-refractivity contribution in [2.45, 2.75) is 36.7 Å². The van der Waals surface area contributed by atoms with Gasteiger partial charge in [0, 0.05) is 12.9 Å². The Balaban J connectivity index is 1.78. The lowest BCUT2D eigenvalue weighted by molar-refractivity contribution is -0.137. The van der Waals surface area contributed by atoms with Crippen LogP contribution in [-0.4, -0.2) is 28.5 Å². The molecule has 3 rings (SSSR count). The smallest absolute Gasteiger partial charge is 0.416 e. The Morgan fingerprint density at radius 3 is 2.58 bits per heavy atom. The summed E-state index contributed by atoms with van der Waals surface area (Å²) in [5.74, 6) is 0.335. The van der Waals surface area contributed by atoms with Gasteiger partial charge in [0.1, 0.15) is 6.61 Å². The molecule has 0 aliphatic heterocycles. The minimum absolute atomic E-state index is 0.0217. The van der Waals surface area contributed by atoms with Gasteiger partial charge in [-0.2, -0.15) is 13.2 Å². The minimum atomic E-state index is -4.40. The Morgan fingerprint density at radius 1 is 1.10 bits per heavy atom. The van der Waals surface area contributed by atoms with Gasteiger partial charge < -0.3 is 9.47 Å². The Kier molecular flexibility index (Phi) is 7.55. The van der Waals surface area contributed by atoms with Crippen molar-refractivity contribution in [3.63, 3.8) is 0 Å². The van der Waals surface area contributed by atoms with Crippen LogP contribution in [0, 0.1) is 5.82 Å². The molecular weight excluding hydrogens is 434 g/mol. The molecule has 10 heteroatoms. The predicted octanol–water partition coefficient (Wildman–Crippen LogP) is 5.51. The Morgan fingerprint density at radius 2 is 1.87 bits per heavy atom. The van der Waals surface area contributed by atoms with E-state index in [0.29, 0.717) is 23.2 Å². The van der Waals surface area contributed by atoms with E-state index in [0.717, 1.165) is 12.1 Å². The van der Waals surface area contributed by atoms with Gasteiger partial charge in [-0.1, -0.05) is 42.1 Å². The summed E-state index contributed by atoms with van der Waals surface area (Å²) in [6, 6.07) is 11.0. The standard InChI is InChI=1S/C21H21F4N3O2S/c1-14(11-29-2)28-19(12-30-18-9-4-3-8-17(18)22)26-27-20(28)31-13-15-6-5-7-16(10-15)21(23,24)25/h3-10,14H,11-13H2,1-2H3/t14-/m1/s1. The zero-order valence-corrected chi connectivity index (χ0v) is 17.7. The third kappa shape index (κ3) is 5.98. The lowest BCUT2D eigenvalue weighted by Gasteiger charge is -2.17. The average molecular weight is 455 g/mol. The van der Waals surface area contributed by atoms with Gasteiger partial charge >= 0.3 is 6.18 Å². The van der Waals surface area contributed by atoms with Crippen molar-refractivity contribution in [2.24, 2.45) is 0 Å². The van der Waals surface area contributed by atoms with Gasteiger partial charge in [-0.05, 0) is 30.7 Å². The molecule has 0 unspecified atom stereocenters.